The van der Waals surface area contributed by atoms with Gasteiger partial charge < -0.3 is 10.6 Å². The molecule has 3 N–H and O–H groups in total. The lowest BCUT2D eigenvalue weighted by Gasteiger charge is -2.35. The van der Waals surface area contributed by atoms with Crippen molar-refractivity contribution in [2.45, 2.75) is 32.9 Å². The van der Waals surface area contributed by atoms with Crippen LogP contribution in [0.2, 0.25) is 0 Å². The molecule has 0 spiro atoms. The zero-order valence-corrected chi connectivity index (χ0v) is 14.7. The number of carbonyl (C=O) groups excluding carboxylic acids is 2. The van der Waals surface area contributed by atoms with Gasteiger partial charge in [0, 0.05) is 13.6 Å². The third-order valence-electron chi connectivity index (χ3n) is 4.63. The van der Waals surface area contributed by atoms with Gasteiger partial charge in [-0.2, -0.15) is 5.10 Å². The molecule has 7 nitrogen and oxygen atoms in total. The molecule has 0 bridgehead atoms. The number of aryl methyl sites for hydroxylation is 2. The molecule has 1 aromatic carbocycles. The highest BCUT2D eigenvalue weighted by Crippen LogP contribution is 2.23. The number of carbonyl (C=O) groups is 2. The summed E-state index contributed by atoms with van der Waals surface area (Å²) in [6.45, 7) is 4.42. The second-order valence-corrected chi connectivity index (χ2v) is 6.37. The van der Waals surface area contributed by atoms with Crippen LogP contribution in [0.3, 0.4) is 0 Å². The van der Waals surface area contributed by atoms with Crippen LogP contribution in [0.1, 0.15) is 22.5 Å². The third kappa shape index (κ3) is 3.56. The Hall–Kier alpha value is -2.67. The smallest absolute Gasteiger partial charge is 0.238 e. The van der Waals surface area contributed by atoms with E-state index in [9.17, 15) is 9.59 Å². The fourth-order valence-electron chi connectivity index (χ4n) is 3.27. The largest absolute Gasteiger partial charge is 0.358 e. The van der Waals surface area contributed by atoms with Crippen molar-refractivity contribution < 1.29 is 9.59 Å². The zero-order valence-electron chi connectivity index (χ0n) is 14.7. The Balaban J connectivity index is 1.77. The summed E-state index contributed by atoms with van der Waals surface area (Å²) in [4.78, 5) is 26.7. The lowest BCUT2D eigenvalue weighted by atomic mass is 9.93. The highest BCUT2D eigenvalue weighted by atomic mass is 16.2. The molecule has 1 aromatic heterocycles. The van der Waals surface area contributed by atoms with E-state index in [0.717, 1.165) is 22.5 Å². The van der Waals surface area contributed by atoms with Crippen LogP contribution in [-0.2, 0) is 22.6 Å². The first-order valence-corrected chi connectivity index (χ1v) is 8.33. The lowest BCUT2D eigenvalue weighted by Crippen LogP contribution is -2.51. The van der Waals surface area contributed by atoms with Gasteiger partial charge in [-0.15, -0.1) is 0 Å². The Morgan fingerprint density at radius 3 is 2.64 bits per heavy atom. The molecule has 2 aromatic rings. The topological polar surface area (TPSA) is 90.1 Å². The van der Waals surface area contributed by atoms with Gasteiger partial charge >= 0.3 is 0 Å². The van der Waals surface area contributed by atoms with Crippen molar-refractivity contribution in [3.63, 3.8) is 0 Å². The molecule has 1 unspecified atom stereocenters. The predicted molar refractivity (Wildman–Crippen MR) is 95.1 cm³/mol. The number of anilines is 1. The number of amides is 2. The van der Waals surface area contributed by atoms with E-state index in [-0.39, 0.29) is 24.4 Å². The van der Waals surface area contributed by atoms with Gasteiger partial charge in [0.25, 0.3) is 0 Å². The molecule has 0 fully saturated rings. The average molecular weight is 341 g/mol. The average Bonchev–Trinajstić information content (AvgIpc) is 2.92. The number of rotatable bonds is 4. The molecule has 0 saturated carbocycles. The SMILES string of the molecule is CNC(=O)C1Cc2ccccc2CN1CC(=O)Nc1c(C)n[nH]c1C. The molecule has 1 aliphatic heterocycles. The van der Waals surface area contributed by atoms with Crippen molar-refractivity contribution in [1.29, 1.82) is 0 Å². The van der Waals surface area contributed by atoms with Crippen LogP contribution >= 0.6 is 0 Å². The highest BCUT2D eigenvalue weighted by molar-refractivity contribution is 5.94. The molecule has 132 valence electrons. The minimum atomic E-state index is -0.350. The molecule has 0 aliphatic carbocycles. The van der Waals surface area contributed by atoms with Crippen molar-refractivity contribution >= 4 is 17.5 Å². The van der Waals surface area contributed by atoms with E-state index in [1.54, 1.807) is 7.05 Å². The van der Waals surface area contributed by atoms with Gasteiger partial charge in [0.15, 0.2) is 0 Å². The molecule has 3 rings (SSSR count). The summed E-state index contributed by atoms with van der Waals surface area (Å²) < 4.78 is 0. The predicted octanol–water partition coefficient (Wildman–Crippen LogP) is 1.14. The Kier molecular flexibility index (Phi) is 4.85. The molecule has 0 radical (unpaired) electrons. The first-order chi connectivity index (χ1) is 12.0. The molecule has 1 aliphatic rings. The summed E-state index contributed by atoms with van der Waals surface area (Å²) in [5.74, 6) is -0.223. The Labute approximate surface area is 146 Å². The highest BCUT2D eigenvalue weighted by Gasteiger charge is 2.32. The number of fused-ring (bicyclic) bond motifs is 1. The Morgan fingerprint density at radius 2 is 2.00 bits per heavy atom. The van der Waals surface area contributed by atoms with Gasteiger partial charge in [0.2, 0.25) is 11.8 Å². The van der Waals surface area contributed by atoms with Gasteiger partial charge in [0.1, 0.15) is 0 Å². The number of aromatic nitrogens is 2. The van der Waals surface area contributed by atoms with Crippen molar-refractivity contribution in [3.05, 3.63) is 46.8 Å². The van der Waals surface area contributed by atoms with E-state index in [4.69, 9.17) is 0 Å². The van der Waals surface area contributed by atoms with Crippen LogP contribution in [0.15, 0.2) is 24.3 Å². The third-order valence-corrected chi connectivity index (χ3v) is 4.63. The van der Waals surface area contributed by atoms with E-state index in [0.29, 0.717) is 18.7 Å². The Morgan fingerprint density at radius 1 is 1.28 bits per heavy atom. The van der Waals surface area contributed by atoms with Crippen molar-refractivity contribution in [2.24, 2.45) is 0 Å². The monoisotopic (exact) mass is 341 g/mol. The quantitative estimate of drug-likeness (QED) is 0.778. The van der Waals surface area contributed by atoms with Crippen LogP contribution in [0.5, 0.6) is 0 Å². The van der Waals surface area contributed by atoms with Crippen molar-refractivity contribution in [1.82, 2.24) is 20.4 Å². The first kappa shape index (κ1) is 17.2. The fraction of sp³-hybridized carbons (Fsp3) is 0.389. The number of hydrogen-bond acceptors (Lipinski definition) is 4. The number of aromatic amines is 1. The Bertz CT molecular complexity index is 779. The van der Waals surface area contributed by atoms with Crippen LogP contribution in [-0.4, -0.2) is 46.5 Å². The summed E-state index contributed by atoms with van der Waals surface area (Å²) in [6.07, 6.45) is 0.604. The molecule has 25 heavy (non-hydrogen) atoms. The van der Waals surface area contributed by atoms with Crippen molar-refractivity contribution in [2.75, 3.05) is 18.9 Å². The maximum absolute atomic E-state index is 12.5. The molecule has 7 heteroatoms. The summed E-state index contributed by atoms with van der Waals surface area (Å²) in [5, 5.41) is 12.5. The molecule has 0 saturated heterocycles. The molecular formula is C18H23N5O2. The van der Waals surface area contributed by atoms with Crippen LogP contribution in [0, 0.1) is 13.8 Å². The summed E-state index contributed by atoms with van der Waals surface area (Å²) in [7, 11) is 1.62. The first-order valence-electron chi connectivity index (χ1n) is 8.33. The van der Waals surface area contributed by atoms with Gasteiger partial charge in [-0.25, -0.2) is 0 Å². The number of H-pyrrole nitrogens is 1. The molecular weight excluding hydrogens is 318 g/mol. The number of benzene rings is 1. The number of hydrogen-bond donors (Lipinski definition) is 3. The number of likely N-dealkylation sites (N-methyl/N-ethyl adjacent to an activating group) is 1. The van der Waals surface area contributed by atoms with Crippen LogP contribution in [0.4, 0.5) is 5.69 Å². The summed E-state index contributed by atoms with van der Waals surface area (Å²) >= 11 is 0. The number of nitrogens with zero attached hydrogens (tertiary/aromatic N) is 2. The normalized spacial score (nSPS) is 17.0. The van der Waals surface area contributed by atoms with Gasteiger partial charge in [-0.3, -0.25) is 19.6 Å². The van der Waals surface area contributed by atoms with E-state index in [1.165, 1.54) is 0 Å². The van der Waals surface area contributed by atoms with Gasteiger partial charge in [-0.05, 0) is 31.4 Å². The van der Waals surface area contributed by atoms with Gasteiger partial charge in [-0.1, -0.05) is 24.3 Å². The van der Waals surface area contributed by atoms with Crippen LogP contribution in [0.25, 0.3) is 0 Å². The molecule has 2 amide bonds. The van der Waals surface area contributed by atoms with E-state index in [1.807, 2.05) is 43.0 Å². The summed E-state index contributed by atoms with van der Waals surface area (Å²) in [6, 6.07) is 7.70. The molecule has 2 heterocycles. The lowest BCUT2D eigenvalue weighted by molar-refractivity contribution is -0.128. The van der Waals surface area contributed by atoms with E-state index >= 15 is 0 Å². The second-order valence-electron chi connectivity index (χ2n) is 6.37. The standard InChI is InChI=1S/C18H23N5O2/c1-11-17(12(2)22-21-11)20-16(24)10-23-9-14-7-5-4-6-13(14)8-15(23)18(25)19-3/h4-7,15H,8-10H2,1-3H3,(H,19,25)(H,20,24)(H,21,22). The van der Waals surface area contributed by atoms with E-state index < -0.39 is 0 Å². The number of nitrogens with one attached hydrogen (secondary N) is 3. The fourth-order valence-corrected chi connectivity index (χ4v) is 3.27. The minimum Gasteiger partial charge on any atom is -0.358 e. The maximum atomic E-state index is 12.5. The second kappa shape index (κ2) is 7.06. The van der Waals surface area contributed by atoms with E-state index in [2.05, 4.69) is 20.8 Å². The molecule has 1 atom stereocenters. The zero-order chi connectivity index (χ0) is 18.0. The summed E-state index contributed by atoms with van der Waals surface area (Å²) in [5.41, 5.74) is 4.59. The van der Waals surface area contributed by atoms with Crippen molar-refractivity contribution in [3.8, 4) is 0 Å². The van der Waals surface area contributed by atoms with Crippen LogP contribution < -0.4 is 10.6 Å². The van der Waals surface area contributed by atoms with Gasteiger partial charge in [0.05, 0.1) is 29.7 Å². The maximum Gasteiger partial charge on any atom is 0.238 e. The minimum absolute atomic E-state index is 0.0713.